The van der Waals surface area contributed by atoms with Gasteiger partial charge in [-0.25, -0.2) is 0 Å². The maximum Gasteiger partial charge on any atom is 0.0447 e. The molecule has 0 radical (unpaired) electrons. The summed E-state index contributed by atoms with van der Waals surface area (Å²) in [5.41, 5.74) is 4.79. The molecule has 0 bridgehead atoms. The van der Waals surface area contributed by atoms with Crippen LogP contribution < -0.4 is 11.3 Å². The molecule has 19 heavy (non-hydrogen) atoms. The number of hydrogen-bond donors (Lipinski definition) is 2. The molecule has 0 heterocycles. The molecule has 0 aromatic rings. The summed E-state index contributed by atoms with van der Waals surface area (Å²) in [6, 6.07) is 0.455. The number of allylic oxidation sites excluding steroid dienone is 1. The summed E-state index contributed by atoms with van der Waals surface area (Å²) in [7, 11) is 0. The molecule has 0 saturated heterocycles. The Labute approximate surface area is 119 Å². The first-order chi connectivity index (χ1) is 9.42. The highest BCUT2D eigenvalue weighted by atomic mass is 15.2. The fourth-order valence-corrected chi connectivity index (χ4v) is 3.87. The summed E-state index contributed by atoms with van der Waals surface area (Å²) < 4.78 is 0. The smallest absolute Gasteiger partial charge is 0.0447 e. The van der Waals surface area contributed by atoms with E-state index in [-0.39, 0.29) is 0 Å². The molecular formula is C17H32N2. The molecule has 0 aromatic carbocycles. The van der Waals surface area contributed by atoms with Crippen LogP contribution in [-0.2, 0) is 0 Å². The zero-order valence-corrected chi connectivity index (χ0v) is 12.5. The molecule has 2 aliphatic rings. The summed E-state index contributed by atoms with van der Waals surface area (Å²) in [5.74, 6) is 6.70. The third kappa shape index (κ3) is 4.92. The Kier molecular flexibility index (Phi) is 6.94. The van der Waals surface area contributed by atoms with E-state index in [9.17, 15) is 0 Å². The Bertz CT molecular complexity index is 264. The first kappa shape index (κ1) is 15.1. The van der Waals surface area contributed by atoms with Gasteiger partial charge in [0, 0.05) is 6.04 Å². The van der Waals surface area contributed by atoms with E-state index in [2.05, 4.69) is 11.5 Å². The van der Waals surface area contributed by atoms with Crippen LogP contribution >= 0.6 is 0 Å². The molecule has 2 rings (SSSR count). The van der Waals surface area contributed by atoms with Crippen LogP contribution in [0.1, 0.15) is 83.5 Å². The summed E-state index contributed by atoms with van der Waals surface area (Å²) in [6.45, 7) is 0. The topological polar surface area (TPSA) is 38.0 Å². The maximum atomic E-state index is 5.92. The normalized spacial score (nSPS) is 25.6. The van der Waals surface area contributed by atoms with E-state index >= 15 is 0 Å². The average molecular weight is 264 g/mol. The van der Waals surface area contributed by atoms with Gasteiger partial charge in [-0.05, 0) is 44.4 Å². The standard InChI is InChI=1S/C17H32N2/c18-19-17(15-11-7-3-1-4-8-12-15)16-13-9-5-2-6-10-14-16/h11,16-17,19H,1-10,12-14,18H2. The fourth-order valence-electron chi connectivity index (χ4n) is 3.87. The highest BCUT2D eigenvalue weighted by Gasteiger charge is 2.24. The SMILES string of the molecule is NNC(C1=CCCCCCC1)C1CCCCCCC1. The predicted octanol–water partition coefficient (Wildman–Crippen LogP) is 4.46. The van der Waals surface area contributed by atoms with Gasteiger partial charge in [0.2, 0.25) is 0 Å². The molecule has 1 fully saturated rings. The first-order valence-corrected chi connectivity index (χ1v) is 8.57. The van der Waals surface area contributed by atoms with Crippen molar-refractivity contribution < 1.29 is 0 Å². The molecule has 0 aromatic heterocycles. The molecule has 1 unspecified atom stereocenters. The van der Waals surface area contributed by atoms with Crippen LogP contribution in [0.15, 0.2) is 11.6 Å². The Morgan fingerprint density at radius 1 is 0.895 bits per heavy atom. The lowest BCUT2D eigenvalue weighted by molar-refractivity contribution is 0.306. The van der Waals surface area contributed by atoms with Crippen LogP contribution in [0.4, 0.5) is 0 Å². The molecule has 0 aliphatic heterocycles. The Morgan fingerprint density at radius 2 is 1.53 bits per heavy atom. The van der Waals surface area contributed by atoms with Gasteiger partial charge < -0.3 is 0 Å². The van der Waals surface area contributed by atoms with E-state index < -0.39 is 0 Å². The van der Waals surface area contributed by atoms with Crippen molar-refractivity contribution in [3.05, 3.63) is 11.6 Å². The molecule has 1 saturated carbocycles. The Balaban J connectivity index is 1.98. The Hall–Kier alpha value is -0.340. The van der Waals surface area contributed by atoms with Crippen molar-refractivity contribution >= 4 is 0 Å². The van der Waals surface area contributed by atoms with Gasteiger partial charge in [0.15, 0.2) is 0 Å². The van der Waals surface area contributed by atoms with E-state index in [0.717, 1.165) is 5.92 Å². The highest BCUT2D eigenvalue weighted by molar-refractivity contribution is 5.13. The van der Waals surface area contributed by atoms with E-state index in [0.29, 0.717) is 6.04 Å². The van der Waals surface area contributed by atoms with E-state index in [1.807, 2.05) is 0 Å². The minimum atomic E-state index is 0.455. The quantitative estimate of drug-likeness (QED) is 0.449. The van der Waals surface area contributed by atoms with Crippen LogP contribution in [0, 0.1) is 5.92 Å². The highest BCUT2D eigenvalue weighted by Crippen LogP contribution is 2.30. The Morgan fingerprint density at radius 3 is 2.26 bits per heavy atom. The van der Waals surface area contributed by atoms with Crippen molar-refractivity contribution in [3.63, 3.8) is 0 Å². The summed E-state index contributed by atoms with van der Waals surface area (Å²) in [6.07, 6.45) is 20.4. The largest absolute Gasteiger partial charge is 0.271 e. The van der Waals surface area contributed by atoms with E-state index in [1.54, 1.807) is 5.57 Å². The number of hydrazine groups is 1. The van der Waals surface area contributed by atoms with Gasteiger partial charge in [0.05, 0.1) is 0 Å². The zero-order valence-electron chi connectivity index (χ0n) is 12.5. The van der Waals surface area contributed by atoms with Crippen molar-refractivity contribution in [3.8, 4) is 0 Å². The molecular weight excluding hydrogens is 232 g/mol. The van der Waals surface area contributed by atoms with Gasteiger partial charge in [-0.2, -0.15) is 0 Å². The van der Waals surface area contributed by atoms with Gasteiger partial charge in [-0.3, -0.25) is 11.3 Å². The van der Waals surface area contributed by atoms with Crippen LogP contribution in [0.3, 0.4) is 0 Å². The maximum absolute atomic E-state index is 5.92. The van der Waals surface area contributed by atoms with Crippen LogP contribution in [0.25, 0.3) is 0 Å². The second-order valence-electron chi connectivity index (χ2n) is 6.48. The number of nitrogens with one attached hydrogen (secondary N) is 1. The molecule has 0 spiro atoms. The van der Waals surface area contributed by atoms with Crippen LogP contribution in [0.5, 0.6) is 0 Å². The third-order valence-electron chi connectivity index (χ3n) is 5.03. The second-order valence-corrected chi connectivity index (χ2v) is 6.48. The predicted molar refractivity (Wildman–Crippen MR) is 82.7 cm³/mol. The lowest BCUT2D eigenvalue weighted by Crippen LogP contribution is -2.42. The van der Waals surface area contributed by atoms with Crippen molar-refractivity contribution in [2.45, 2.75) is 89.5 Å². The zero-order chi connectivity index (χ0) is 13.3. The summed E-state index contributed by atoms with van der Waals surface area (Å²) in [4.78, 5) is 0. The van der Waals surface area contributed by atoms with E-state index in [4.69, 9.17) is 5.84 Å². The minimum absolute atomic E-state index is 0.455. The van der Waals surface area contributed by atoms with Gasteiger partial charge in [-0.15, -0.1) is 0 Å². The van der Waals surface area contributed by atoms with Crippen molar-refractivity contribution in [1.29, 1.82) is 0 Å². The first-order valence-electron chi connectivity index (χ1n) is 8.57. The van der Waals surface area contributed by atoms with Gasteiger partial charge in [0.1, 0.15) is 0 Å². The van der Waals surface area contributed by atoms with E-state index in [1.165, 1.54) is 83.5 Å². The van der Waals surface area contributed by atoms with Crippen LogP contribution in [0.2, 0.25) is 0 Å². The van der Waals surface area contributed by atoms with Crippen molar-refractivity contribution in [2.75, 3.05) is 0 Å². The van der Waals surface area contributed by atoms with Gasteiger partial charge in [0.25, 0.3) is 0 Å². The van der Waals surface area contributed by atoms with Gasteiger partial charge in [-0.1, -0.05) is 56.6 Å². The molecule has 2 heteroatoms. The minimum Gasteiger partial charge on any atom is -0.271 e. The molecule has 2 nitrogen and oxygen atoms in total. The third-order valence-corrected chi connectivity index (χ3v) is 5.03. The van der Waals surface area contributed by atoms with Crippen molar-refractivity contribution in [1.82, 2.24) is 5.43 Å². The average Bonchev–Trinajstić information content (AvgIpc) is 2.34. The van der Waals surface area contributed by atoms with Crippen molar-refractivity contribution in [2.24, 2.45) is 11.8 Å². The number of rotatable bonds is 3. The molecule has 2 aliphatic carbocycles. The monoisotopic (exact) mass is 264 g/mol. The molecule has 1 atom stereocenters. The fraction of sp³-hybridized carbons (Fsp3) is 0.882. The lowest BCUT2D eigenvalue weighted by Gasteiger charge is -2.31. The number of hydrogen-bond acceptors (Lipinski definition) is 2. The second kappa shape index (κ2) is 8.76. The lowest BCUT2D eigenvalue weighted by atomic mass is 9.81. The molecule has 110 valence electrons. The number of nitrogens with two attached hydrogens (primary N) is 1. The summed E-state index contributed by atoms with van der Waals surface area (Å²) >= 11 is 0. The molecule has 3 N–H and O–H groups in total. The molecule has 0 amide bonds. The van der Waals surface area contributed by atoms with Crippen LogP contribution in [-0.4, -0.2) is 6.04 Å². The summed E-state index contributed by atoms with van der Waals surface area (Å²) in [5, 5.41) is 0. The van der Waals surface area contributed by atoms with Gasteiger partial charge >= 0.3 is 0 Å².